The molecule has 2 saturated carbocycles. The van der Waals surface area contributed by atoms with Crippen LogP contribution in [0.5, 0.6) is 0 Å². The van der Waals surface area contributed by atoms with Crippen molar-refractivity contribution >= 4 is 11.6 Å². The quantitative estimate of drug-likeness (QED) is 0.640. The number of Topliss-reactive ketones (excluding diaryl/α,β-unsaturated/α-hetero) is 2. The smallest absolute Gasteiger partial charge is 0.168 e. The van der Waals surface area contributed by atoms with Gasteiger partial charge in [0.05, 0.1) is 5.92 Å². The fourth-order valence-electron chi connectivity index (χ4n) is 2.38. The molecule has 0 heterocycles. The average molecular weight is 196 g/mol. The summed E-state index contributed by atoms with van der Waals surface area (Å²) in [6, 6.07) is 0. The van der Waals surface area contributed by atoms with E-state index in [4.69, 9.17) is 4.74 Å². The van der Waals surface area contributed by atoms with Crippen LogP contribution in [0.15, 0.2) is 0 Å². The van der Waals surface area contributed by atoms with E-state index in [-0.39, 0.29) is 24.1 Å². The summed E-state index contributed by atoms with van der Waals surface area (Å²) in [7, 11) is 1.50. The first kappa shape index (κ1) is 9.84. The van der Waals surface area contributed by atoms with Crippen LogP contribution in [-0.2, 0) is 14.3 Å². The molecular formula is C11H16O3. The molecule has 2 fully saturated rings. The number of hydrogen-bond donors (Lipinski definition) is 0. The summed E-state index contributed by atoms with van der Waals surface area (Å²) in [6.45, 7) is 0.0898. The molecule has 78 valence electrons. The molecule has 0 aromatic heterocycles. The van der Waals surface area contributed by atoms with E-state index in [0.29, 0.717) is 11.8 Å². The minimum absolute atomic E-state index is 0.0246. The Labute approximate surface area is 83.8 Å². The van der Waals surface area contributed by atoms with Crippen LogP contribution >= 0.6 is 0 Å². The number of rotatable bonds is 3. The van der Waals surface area contributed by atoms with Gasteiger partial charge >= 0.3 is 0 Å². The van der Waals surface area contributed by atoms with Crippen molar-refractivity contribution in [3.63, 3.8) is 0 Å². The second-order valence-electron chi connectivity index (χ2n) is 4.62. The normalized spacial score (nSPS) is 29.2. The van der Waals surface area contributed by atoms with Gasteiger partial charge in [0.25, 0.3) is 0 Å². The first-order chi connectivity index (χ1) is 6.67. The number of ether oxygens (including phenoxy) is 1. The molecule has 2 aliphatic rings. The number of methoxy groups -OCH3 is 1. The lowest BCUT2D eigenvalue weighted by Gasteiger charge is -2.26. The van der Waals surface area contributed by atoms with E-state index in [0.717, 1.165) is 12.8 Å². The van der Waals surface area contributed by atoms with Crippen LogP contribution in [0.4, 0.5) is 0 Å². The van der Waals surface area contributed by atoms with Crippen molar-refractivity contribution in [1.82, 2.24) is 0 Å². The third-order valence-corrected chi connectivity index (χ3v) is 3.56. The summed E-state index contributed by atoms with van der Waals surface area (Å²) in [4.78, 5) is 23.1. The zero-order valence-corrected chi connectivity index (χ0v) is 8.54. The molecule has 1 spiro atoms. The highest BCUT2D eigenvalue weighted by Crippen LogP contribution is 2.56. The second kappa shape index (κ2) is 3.46. The van der Waals surface area contributed by atoms with Gasteiger partial charge in [0.15, 0.2) is 5.78 Å². The summed E-state index contributed by atoms with van der Waals surface area (Å²) in [5, 5.41) is 0. The minimum Gasteiger partial charge on any atom is -0.377 e. The van der Waals surface area contributed by atoms with Gasteiger partial charge in [0.1, 0.15) is 12.4 Å². The molecule has 0 radical (unpaired) electrons. The van der Waals surface area contributed by atoms with E-state index < -0.39 is 0 Å². The molecule has 1 atom stereocenters. The molecule has 0 bridgehead atoms. The summed E-state index contributed by atoms with van der Waals surface area (Å²) < 4.78 is 4.79. The van der Waals surface area contributed by atoms with Crippen molar-refractivity contribution in [3.05, 3.63) is 0 Å². The maximum absolute atomic E-state index is 11.6. The molecule has 1 unspecified atom stereocenters. The van der Waals surface area contributed by atoms with Gasteiger partial charge in [-0.25, -0.2) is 0 Å². The summed E-state index contributed by atoms with van der Waals surface area (Å²) in [5.41, 5.74) is 0.363. The molecule has 0 N–H and O–H groups in total. The van der Waals surface area contributed by atoms with E-state index >= 15 is 0 Å². The third-order valence-electron chi connectivity index (χ3n) is 3.56. The number of carbonyl (C=O) groups is 2. The Hall–Kier alpha value is -0.700. The predicted molar refractivity (Wildman–Crippen MR) is 50.9 cm³/mol. The van der Waals surface area contributed by atoms with Gasteiger partial charge in [-0.15, -0.1) is 0 Å². The highest BCUT2D eigenvalue weighted by atomic mass is 16.5. The van der Waals surface area contributed by atoms with Crippen LogP contribution in [0.2, 0.25) is 0 Å². The van der Waals surface area contributed by atoms with Gasteiger partial charge in [-0.2, -0.15) is 0 Å². The molecule has 3 nitrogen and oxygen atoms in total. The van der Waals surface area contributed by atoms with E-state index in [2.05, 4.69) is 0 Å². The average Bonchev–Trinajstić information content (AvgIpc) is 2.91. The molecule has 14 heavy (non-hydrogen) atoms. The van der Waals surface area contributed by atoms with Crippen LogP contribution in [0.25, 0.3) is 0 Å². The lowest BCUT2D eigenvalue weighted by Crippen LogP contribution is -2.33. The van der Waals surface area contributed by atoms with Crippen molar-refractivity contribution in [2.45, 2.75) is 32.1 Å². The lowest BCUT2D eigenvalue weighted by molar-refractivity contribution is -0.137. The lowest BCUT2D eigenvalue weighted by atomic mass is 9.76. The maximum atomic E-state index is 11.6. The molecule has 0 aromatic rings. The predicted octanol–water partition coefficient (Wildman–Crippen LogP) is 1.35. The van der Waals surface area contributed by atoms with Crippen LogP contribution in [-0.4, -0.2) is 25.3 Å². The standard InChI is InChI=1S/C11H16O3/c1-14-7-10(13)8-6-11(4-5-11)3-2-9(8)12/h8H,2-7H2,1H3. The highest BCUT2D eigenvalue weighted by Gasteiger charge is 2.49. The fraction of sp³-hybridized carbons (Fsp3) is 0.818. The van der Waals surface area contributed by atoms with E-state index in [1.807, 2.05) is 0 Å². The minimum atomic E-state index is -0.355. The van der Waals surface area contributed by atoms with Gasteiger partial charge in [-0.05, 0) is 31.1 Å². The van der Waals surface area contributed by atoms with Gasteiger partial charge in [-0.1, -0.05) is 0 Å². The number of hydrogen-bond acceptors (Lipinski definition) is 3. The van der Waals surface area contributed by atoms with Crippen molar-refractivity contribution in [2.75, 3.05) is 13.7 Å². The topological polar surface area (TPSA) is 43.4 Å². The van der Waals surface area contributed by atoms with Gasteiger partial charge < -0.3 is 4.74 Å². The molecule has 2 aliphatic carbocycles. The maximum Gasteiger partial charge on any atom is 0.168 e. The summed E-state index contributed by atoms with van der Waals surface area (Å²) in [6.07, 6.45) is 4.80. The van der Waals surface area contributed by atoms with E-state index in [1.165, 1.54) is 20.0 Å². The Morgan fingerprint density at radius 3 is 2.79 bits per heavy atom. The van der Waals surface area contributed by atoms with Crippen LogP contribution in [0.3, 0.4) is 0 Å². The van der Waals surface area contributed by atoms with Crippen molar-refractivity contribution in [1.29, 1.82) is 0 Å². The van der Waals surface area contributed by atoms with Crippen molar-refractivity contribution in [2.24, 2.45) is 11.3 Å². The zero-order chi connectivity index (χ0) is 10.2. The SMILES string of the molecule is COCC(=O)C1CC2(CCC1=O)CC2. The summed E-state index contributed by atoms with van der Waals surface area (Å²) >= 11 is 0. The molecule has 0 saturated heterocycles. The van der Waals surface area contributed by atoms with Gasteiger partial charge in [0.2, 0.25) is 0 Å². The van der Waals surface area contributed by atoms with Crippen LogP contribution in [0, 0.1) is 11.3 Å². The highest BCUT2D eigenvalue weighted by molar-refractivity contribution is 6.03. The molecular weight excluding hydrogens is 180 g/mol. The molecule has 0 aromatic carbocycles. The van der Waals surface area contributed by atoms with Crippen LogP contribution in [0.1, 0.15) is 32.1 Å². The van der Waals surface area contributed by atoms with Crippen molar-refractivity contribution < 1.29 is 14.3 Å². The number of ketones is 2. The third kappa shape index (κ3) is 1.73. The zero-order valence-electron chi connectivity index (χ0n) is 8.54. The monoisotopic (exact) mass is 196 g/mol. The van der Waals surface area contributed by atoms with E-state index in [1.54, 1.807) is 0 Å². The molecule has 0 aliphatic heterocycles. The Balaban J connectivity index is 2.01. The first-order valence-corrected chi connectivity index (χ1v) is 5.21. The largest absolute Gasteiger partial charge is 0.377 e. The fourth-order valence-corrected chi connectivity index (χ4v) is 2.38. The second-order valence-corrected chi connectivity index (χ2v) is 4.62. The Morgan fingerprint density at radius 2 is 2.21 bits per heavy atom. The van der Waals surface area contributed by atoms with E-state index in [9.17, 15) is 9.59 Å². The Kier molecular flexibility index (Phi) is 2.43. The molecule has 0 amide bonds. The van der Waals surface area contributed by atoms with Gasteiger partial charge in [-0.3, -0.25) is 9.59 Å². The Bertz CT molecular complexity index is 266. The van der Waals surface area contributed by atoms with Gasteiger partial charge in [0, 0.05) is 13.5 Å². The number of carbonyl (C=O) groups excluding carboxylic acids is 2. The van der Waals surface area contributed by atoms with Crippen molar-refractivity contribution in [3.8, 4) is 0 Å². The summed E-state index contributed by atoms with van der Waals surface area (Å²) in [5.74, 6) is -0.251. The van der Waals surface area contributed by atoms with Crippen LogP contribution < -0.4 is 0 Å². The Morgan fingerprint density at radius 1 is 1.50 bits per heavy atom. The molecule has 2 rings (SSSR count). The first-order valence-electron chi connectivity index (χ1n) is 5.21. The molecule has 3 heteroatoms.